The molecule has 2 N–H and O–H groups in total. The van der Waals surface area contributed by atoms with E-state index >= 15 is 0 Å². The molecule has 2 heterocycles. The molecule has 1 aliphatic carbocycles. The first-order chi connectivity index (χ1) is 8.56. The van der Waals surface area contributed by atoms with Crippen molar-refractivity contribution >= 4 is 0 Å². The van der Waals surface area contributed by atoms with Gasteiger partial charge in [0.15, 0.2) is 0 Å². The van der Waals surface area contributed by atoms with Gasteiger partial charge in [0.1, 0.15) is 0 Å². The van der Waals surface area contributed by atoms with E-state index in [0.29, 0.717) is 24.5 Å². The summed E-state index contributed by atoms with van der Waals surface area (Å²) < 4.78 is 12.8. The maximum Gasteiger partial charge on any atom is 0.0361 e. The lowest BCUT2D eigenvalue weighted by molar-refractivity contribution is -0.188. The Balaban J connectivity index is 1.39. The predicted octanol–water partition coefficient (Wildman–Crippen LogP) is 0.853. The fourth-order valence-electron chi connectivity index (χ4n) is 3.88. The molecule has 104 valence electrons. The highest BCUT2D eigenvalue weighted by Gasteiger charge is 2.53. The average molecular weight is 256 g/mol. The summed E-state index contributed by atoms with van der Waals surface area (Å²) in [7, 11) is 2.23. The van der Waals surface area contributed by atoms with Gasteiger partial charge in [0.25, 0.3) is 0 Å². The third-order valence-corrected chi connectivity index (χ3v) is 5.17. The molecule has 0 unspecified atom stereocenters. The molecule has 0 aromatic carbocycles. The molecule has 0 radical (unpaired) electrons. The van der Waals surface area contributed by atoms with E-state index in [1.165, 1.54) is 32.2 Å². The first-order valence-electron chi connectivity index (χ1n) is 7.17. The maximum absolute atomic E-state index is 12.8. The quantitative estimate of drug-likeness (QED) is 0.600. The molecule has 5 heteroatoms. The Bertz CT molecular complexity index is 289. The summed E-state index contributed by atoms with van der Waals surface area (Å²) in [6, 6.07) is 0.689. The third-order valence-electron chi connectivity index (χ3n) is 5.17. The first kappa shape index (κ1) is 12.8. The molecule has 1 spiro atoms. The maximum atomic E-state index is 12.8. The molecule has 3 rings (SSSR count). The minimum absolute atomic E-state index is 0.342. The van der Waals surface area contributed by atoms with Crippen molar-refractivity contribution in [2.24, 2.45) is 17.2 Å². The van der Waals surface area contributed by atoms with Crippen molar-refractivity contribution in [1.29, 1.82) is 0 Å². The predicted molar refractivity (Wildman–Crippen MR) is 69.3 cm³/mol. The zero-order valence-electron chi connectivity index (χ0n) is 11.3. The Morgan fingerprint density at radius 3 is 2.44 bits per heavy atom. The number of rotatable bonds is 3. The zero-order chi connectivity index (χ0) is 12.8. The van der Waals surface area contributed by atoms with Crippen molar-refractivity contribution in [2.75, 3.05) is 39.8 Å². The monoisotopic (exact) mass is 256 g/mol. The molecular formula is C13H25FN4. The summed E-state index contributed by atoms with van der Waals surface area (Å²) >= 11 is 0. The van der Waals surface area contributed by atoms with E-state index in [9.17, 15) is 4.48 Å². The number of halogens is 1. The Hall–Kier alpha value is -0.230. The molecule has 0 bridgehead atoms. The minimum Gasteiger partial charge on any atom is -0.303 e. The molecule has 0 atom stereocenters. The van der Waals surface area contributed by atoms with Gasteiger partial charge in [-0.25, -0.2) is 5.01 Å². The summed E-state index contributed by atoms with van der Waals surface area (Å²) in [5, 5.41) is 2.88. The van der Waals surface area contributed by atoms with Crippen molar-refractivity contribution in [3.05, 3.63) is 0 Å². The Kier molecular flexibility index (Phi) is 3.34. The highest BCUT2D eigenvalue weighted by Crippen LogP contribution is 2.50. The Morgan fingerprint density at radius 1 is 1.28 bits per heavy atom. The van der Waals surface area contributed by atoms with Crippen LogP contribution in [0.4, 0.5) is 4.48 Å². The molecular weight excluding hydrogens is 231 g/mol. The van der Waals surface area contributed by atoms with E-state index in [-0.39, 0.29) is 0 Å². The SMILES string of the molecule is CN(CC1CCN(N)CC1)C1CC2(C1)CN(F)C2. The summed E-state index contributed by atoms with van der Waals surface area (Å²) in [4.78, 5) is 2.50. The summed E-state index contributed by atoms with van der Waals surface area (Å²) in [5.41, 5.74) is 0.342. The highest BCUT2D eigenvalue weighted by molar-refractivity contribution is 5.05. The summed E-state index contributed by atoms with van der Waals surface area (Å²) in [6.07, 6.45) is 4.83. The van der Waals surface area contributed by atoms with E-state index in [1.54, 1.807) is 0 Å². The number of hydrogen-bond acceptors (Lipinski definition) is 4. The molecule has 3 aliphatic rings. The summed E-state index contributed by atoms with van der Waals surface area (Å²) in [6.45, 7) is 4.59. The van der Waals surface area contributed by atoms with Crippen molar-refractivity contribution in [1.82, 2.24) is 15.0 Å². The van der Waals surface area contributed by atoms with Crippen LogP contribution in [0.25, 0.3) is 0 Å². The van der Waals surface area contributed by atoms with Gasteiger partial charge in [-0.05, 0) is 38.6 Å². The minimum atomic E-state index is 0.342. The van der Waals surface area contributed by atoms with Gasteiger partial charge in [0, 0.05) is 44.2 Å². The molecule has 18 heavy (non-hydrogen) atoms. The van der Waals surface area contributed by atoms with Crippen molar-refractivity contribution < 1.29 is 4.48 Å². The van der Waals surface area contributed by atoms with Crippen LogP contribution in [0.3, 0.4) is 0 Å². The van der Waals surface area contributed by atoms with E-state index in [2.05, 4.69) is 11.9 Å². The van der Waals surface area contributed by atoms with Crippen LogP contribution in [0.5, 0.6) is 0 Å². The van der Waals surface area contributed by atoms with Crippen LogP contribution < -0.4 is 5.84 Å². The standard InChI is InChI=1S/C13H25FN4/c1-16(8-11-2-4-18(15)5-3-11)12-6-13(7-12)9-17(14)10-13/h11-12H,2-10,15H2,1H3. The second kappa shape index (κ2) is 4.71. The molecule has 0 amide bonds. The van der Waals surface area contributed by atoms with Crippen LogP contribution in [0.15, 0.2) is 0 Å². The largest absolute Gasteiger partial charge is 0.303 e. The third kappa shape index (κ3) is 2.41. The number of nitrogens with two attached hydrogens (primary N) is 1. The second-order valence-electron chi connectivity index (χ2n) is 6.76. The van der Waals surface area contributed by atoms with Gasteiger partial charge in [-0.3, -0.25) is 5.84 Å². The van der Waals surface area contributed by atoms with Gasteiger partial charge in [-0.15, -0.1) is 9.60 Å². The van der Waals surface area contributed by atoms with Crippen LogP contribution in [0, 0.1) is 11.3 Å². The number of nitrogens with zero attached hydrogens (tertiary/aromatic N) is 3. The van der Waals surface area contributed by atoms with Crippen LogP contribution >= 0.6 is 0 Å². The fraction of sp³-hybridized carbons (Fsp3) is 1.00. The van der Waals surface area contributed by atoms with Crippen molar-refractivity contribution in [2.45, 2.75) is 31.7 Å². The average Bonchev–Trinajstić information content (AvgIpc) is 2.24. The molecule has 1 saturated carbocycles. The highest BCUT2D eigenvalue weighted by atomic mass is 19.2. The van der Waals surface area contributed by atoms with Crippen LogP contribution in [0.1, 0.15) is 25.7 Å². The van der Waals surface area contributed by atoms with Gasteiger partial charge in [-0.1, -0.05) is 0 Å². The van der Waals surface area contributed by atoms with Gasteiger partial charge >= 0.3 is 0 Å². The number of hydrogen-bond donors (Lipinski definition) is 1. The molecule has 3 fully saturated rings. The lowest BCUT2D eigenvalue weighted by Crippen LogP contribution is -2.64. The van der Waals surface area contributed by atoms with Crippen molar-refractivity contribution in [3.8, 4) is 0 Å². The second-order valence-corrected chi connectivity index (χ2v) is 6.76. The molecule has 2 aliphatic heterocycles. The van der Waals surface area contributed by atoms with Gasteiger partial charge in [0.2, 0.25) is 0 Å². The topological polar surface area (TPSA) is 35.7 Å². The number of piperidine rings is 1. The van der Waals surface area contributed by atoms with Gasteiger partial charge < -0.3 is 4.90 Å². The molecule has 4 nitrogen and oxygen atoms in total. The van der Waals surface area contributed by atoms with E-state index in [4.69, 9.17) is 5.84 Å². The van der Waals surface area contributed by atoms with Gasteiger partial charge in [-0.2, -0.15) is 0 Å². The van der Waals surface area contributed by atoms with Crippen LogP contribution in [-0.2, 0) is 0 Å². The van der Waals surface area contributed by atoms with E-state index < -0.39 is 0 Å². The van der Waals surface area contributed by atoms with Crippen molar-refractivity contribution in [3.63, 3.8) is 0 Å². The smallest absolute Gasteiger partial charge is 0.0361 e. The fourth-order valence-corrected chi connectivity index (χ4v) is 3.88. The van der Waals surface area contributed by atoms with Crippen LogP contribution in [-0.4, -0.2) is 60.8 Å². The molecule has 2 saturated heterocycles. The lowest BCUT2D eigenvalue weighted by atomic mass is 9.61. The van der Waals surface area contributed by atoms with Crippen LogP contribution in [0.2, 0.25) is 0 Å². The van der Waals surface area contributed by atoms with E-state index in [1.807, 2.05) is 5.01 Å². The Labute approximate surface area is 109 Å². The summed E-state index contributed by atoms with van der Waals surface area (Å²) in [5.74, 6) is 6.58. The molecule has 0 aromatic heterocycles. The van der Waals surface area contributed by atoms with E-state index in [0.717, 1.165) is 24.1 Å². The lowest BCUT2D eigenvalue weighted by Gasteiger charge is -2.58. The Morgan fingerprint density at radius 2 is 1.89 bits per heavy atom. The number of hydrazine groups is 1. The normalized spacial score (nSPS) is 30.7. The molecule has 0 aromatic rings. The van der Waals surface area contributed by atoms with Gasteiger partial charge in [0.05, 0.1) is 0 Å². The zero-order valence-corrected chi connectivity index (χ0v) is 11.3. The first-order valence-corrected chi connectivity index (χ1v) is 7.17.